The fourth-order valence-electron chi connectivity index (χ4n) is 2.29. The summed E-state index contributed by atoms with van der Waals surface area (Å²) in [6.07, 6.45) is 1.79. The van der Waals surface area contributed by atoms with Crippen molar-refractivity contribution in [2.45, 2.75) is 19.8 Å². The zero-order valence-electron chi connectivity index (χ0n) is 12.3. The summed E-state index contributed by atoms with van der Waals surface area (Å²) in [5, 5.41) is 7.95. The lowest BCUT2D eigenvalue weighted by atomic mass is 10.0. The Morgan fingerprint density at radius 2 is 2.10 bits per heavy atom. The van der Waals surface area contributed by atoms with Crippen LogP contribution in [0, 0.1) is 0 Å². The Morgan fingerprint density at radius 3 is 2.76 bits per heavy atom. The van der Waals surface area contributed by atoms with Gasteiger partial charge in [-0.25, -0.2) is 0 Å². The van der Waals surface area contributed by atoms with Gasteiger partial charge in [-0.2, -0.15) is 5.10 Å². The minimum absolute atomic E-state index is 0.184. The van der Waals surface area contributed by atoms with Crippen LogP contribution in [-0.4, -0.2) is 20.7 Å². The quantitative estimate of drug-likeness (QED) is 0.774. The van der Waals surface area contributed by atoms with Crippen molar-refractivity contribution < 1.29 is 4.79 Å². The predicted molar refractivity (Wildman–Crippen MR) is 83.5 cm³/mol. The number of carbonyl (C=O) groups is 1. The number of H-pyrrole nitrogens is 1. The molecule has 1 amide bonds. The third-order valence-corrected chi connectivity index (χ3v) is 3.51. The van der Waals surface area contributed by atoms with Gasteiger partial charge in [-0.05, 0) is 23.6 Å². The third-order valence-electron chi connectivity index (χ3n) is 3.51. The first kappa shape index (κ1) is 13.4. The Bertz CT molecular complexity index is 798. The van der Waals surface area contributed by atoms with Gasteiger partial charge in [0.15, 0.2) is 5.82 Å². The zero-order chi connectivity index (χ0) is 15.0. The van der Waals surface area contributed by atoms with E-state index in [1.54, 1.807) is 16.9 Å². The summed E-state index contributed by atoms with van der Waals surface area (Å²) in [7, 11) is 1.81. The van der Waals surface area contributed by atoms with Crippen molar-refractivity contribution in [3.8, 4) is 0 Å². The Balaban J connectivity index is 1.88. The number of aromatic nitrogens is 3. The second-order valence-corrected chi connectivity index (χ2v) is 5.51. The molecule has 3 aromatic rings. The second kappa shape index (κ2) is 5.09. The van der Waals surface area contributed by atoms with Crippen molar-refractivity contribution in [2.24, 2.45) is 7.05 Å². The van der Waals surface area contributed by atoms with E-state index in [1.165, 1.54) is 5.56 Å². The lowest BCUT2D eigenvalue weighted by molar-refractivity contribution is 0.102. The van der Waals surface area contributed by atoms with Gasteiger partial charge in [-0.15, -0.1) is 0 Å². The fraction of sp³-hybridized carbons (Fsp3) is 0.250. The van der Waals surface area contributed by atoms with E-state index < -0.39 is 0 Å². The molecule has 0 bridgehead atoms. The number of nitrogens with one attached hydrogen (secondary N) is 2. The Labute approximate surface area is 123 Å². The van der Waals surface area contributed by atoms with E-state index in [-0.39, 0.29) is 5.91 Å². The summed E-state index contributed by atoms with van der Waals surface area (Å²) in [5.41, 5.74) is 2.77. The average Bonchev–Trinajstić information content (AvgIpc) is 3.03. The first-order valence-corrected chi connectivity index (χ1v) is 6.96. The molecule has 0 saturated carbocycles. The number of hydrogen-bond acceptors (Lipinski definition) is 2. The van der Waals surface area contributed by atoms with E-state index in [4.69, 9.17) is 0 Å². The maximum Gasteiger partial charge on any atom is 0.273 e. The maximum absolute atomic E-state index is 12.2. The molecule has 2 heterocycles. The largest absolute Gasteiger partial charge is 0.351 e. The zero-order valence-corrected chi connectivity index (χ0v) is 12.3. The number of rotatable bonds is 3. The normalized spacial score (nSPS) is 11.2. The van der Waals surface area contributed by atoms with Gasteiger partial charge in [-0.1, -0.05) is 26.0 Å². The van der Waals surface area contributed by atoms with Gasteiger partial charge in [-0.3, -0.25) is 9.48 Å². The van der Waals surface area contributed by atoms with Crippen molar-refractivity contribution in [3.63, 3.8) is 0 Å². The molecule has 0 spiro atoms. The number of aryl methyl sites for hydroxylation is 1. The highest BCUT2D eigenvalue weighted by atomic mass is 16.2. The van der Waals surface area contributed by atoms with Crippen molar-refractivity contribution in [1.82, 2.24) is 14.8 Å². The number of anilines is 1. The molecule has 2 N–H and O–H groups in total. The molecule has 108 valence electrons. The first-order valence-electron chi connectivity index (χ1n) is 6.96. The molecular formula is C16H18N4O. The Hall–Kier alpha value is -2.56. The molecule has 5 heteroatoms. The fourth-order valence-corrected chi connectivity index (χ4v) is 2.29. The van der Waals surface area contributed by atoms with Crippen molar-refractivity contribution >= 4 is 22.6 Å². The van der Waals surface area contributed by atoms with Crippen LogP contribution >= 0.6 is 0 Å². The van der Waals surface area contributed by atoms with Crippen LogP contribution in [0.2, 0.25) is 0 Å². The van der Waals surface area contributed by atoms with E-state index in [2.05, 4.69) is 41.4 Å². The molecule has 2 aromatic heterocycles. The van der Waals surface area contributed by atoms with E-state index in [0.29, 0.717) is 17.4 Å². The minimum atomic E-state index is -0.184. The third kappa shape index (κ3) is 2.67. The molecule has 0 radical (unpaired) electrons. The number of amides is 1. The van der Waals surface area contributed by atoms with Gasteiger partial charge in [0, 0.05) is 30.2 Å². The smallest absolute Gasteiger partial charge is 0.273 e. The molecule has 0 unspecified atom stereocenters. The molecule has 5 nitrogen and oxygen atoms in total. The molecular weight excluding hydrogens is 264 g/mol. The highest BCUT2D eigenvalue weighted by Gasteiger charge is 2.11. The van der Waals surface area contributed by atoms with Crippen LogP contribution in [0.1, 0.15) is 35.8 Å². The summed E-state index contributed by atoms with van der Waals surface area (Å²) < 4.78 is 1.65. The molecule has 0 aliphatic carbocycles. The standard InChI is InChI=1S/C16H18N4O/c1-10(2)11-4-5-12-9-14(17-13(12)8-11)16(21)18-15-6-7-20(3)19-15/h4-10,17H,1-3H3,(H,18,19,21). The minimum Gasteiger partial charge on any atom is -0.351 e. The molecule has 21 heavy (non-hydrogen) atoms. The summed E-state index contributed by atoms with van der Waals surface area (Å²) in [5.74, 6) is 0.823. The predicted octanol–water partition coefficient (Wildman–Crippen LogP) is 3.28. The number of nitrogens with zero attached hydrogens (tertiary/aromatic N) is 2. The molecule has 1 aromatic carbocycles. The van der Waals surface area contributed by atoms with Crippen LogP contribution in [0.25, 0.3) is 10.9 Å². The van der Waals surface area contributed by atoms with Crippen LogP contribution < -0.4 is 5.32 Å². The second-order valence-electron chi connectivity index (χ2n) is 5.51. The van der Waals surface area contributed by atoms with Crippen LogP contribution in [-0.2, 0) is 7.05 Å². The van der Waals surface area contributed by atoms with Gasteiger partial charge in [0.1, 0.15) is 5.69 Å². The Kier molecular flexibility index (Phi) is 3.25. The van der Waals surface area contributed by atoms with Gasteiger partial charge in [0.05, 0.1) is 0 Å². The van der Waals surface area contributed by atoms with Gasteiger partial charge in [0.2, 0.25) is 0 Å². The van der Waals surface area contributed by atoms with Gasteiger partial charge < -0.3 is 10.3 Å². The summed E-state index contributed by atoms with van der Waals surface area (Å²) >= 11 is 0. The van der Waals surface area contributed by atoms with E-state index in [9.17, 15) is 4.79 Å². The average molecular weight is 282 g/mol. The van der Waals surface area contributed by atoms with Crippen LogP contribution in [0.3, 0.4) is 0 Å². The number of benzene rings is 1. The van der Waals surface area contributed by atoms with Gasteiger partial charge in [0.25, 0.3) is 5.91 Å². The topological polar surface area (TPSA) is 62.7 Å². The highest BCUT2D eigenvalue weighted by molar-refractivity contribution is 6.05. The summed E-state index contributed by atoms with van der Waals surface area (Å²) in [6.45, 7) is 4.30. The van der Waals surface area contributed by atoms with Crippen molar-refractivity contribution in [3.05, 3.63) is 47.8 Å². The van der Waals surface area contributed by atoms with E-state index in [0.717, 1.165) is 10.9 Å². The maximum atomic E-state index is 12.2. The highest BCUT2D eigenvalue weighted by Crippen LogP contribution is 2.22. The Morgan fingerprint density at radius 1 is 1.29 bits per heavy atom. The molecule has 0 aliphatic heterocycles. The molecule has 0 atom stereocenters. The lowest BCUT2D eigenvalue weighted by Gasteiger charge is -2.04. The monoisotopic (exact) mass is 282 g/mol. The van der Waals surface area contributed by atoms with Crippen molar-refractivity contribution in [1.29, 1.82) is 0 Å². The van der Waals surface area contributed by atoms with Gasteiger partial charge >= 0.3 is 0 Å². The molecule has 0 aliphatic rings. The molecule has 0 saturated heterocycles. The van der Waals surface area contributed by atoms with E-state index >= 15 is 0 Å². The number of aromatic amines is 1. The summed E-state index contributed by atoms with van der Waals surface area (Å²) in [4.78, 5) is 15.4. The molecule has 3 rings (SSSR count). The van der Waals surface area contributed by atoms with E-state index in [1.807, 2.05) is 19.2 Å². The lowest BCUT2D eigenvalue weighted by Crippen LogP contribution is -2.12. The first-order chi connectivity index (χ1) is 10.0. The SMILES string of the molecule is CC(C)c1ccc2cc(C(=O)Nc3ccn(C)n3)[nH]c2c1. The summed E-state index contributed by atoms with van der Waals surface area (Å²) in [6, 6.07) is 9.85. The number of hydrogen-bond donors (Lipinski definition) is 2. The number of carbonyl (C=O) groups excluding carboxylic acids is 1. The van der Waals surface area contributed by atoms with Crippen LogP contribution in [0.5, 0.6) is 0 Å². The van der Waals surface area contributed by atoms with Crippen LogP contribution in [0.15, 0.2) is 36.5 Å². The van der Waals surface area contributed by atoms with Crippen LogP contribution in [0.4, 0.5) is 5.82 Å². The van der Waals surface area contributed by atoms with Crippen molar-refractivity contribution in [2.75, 3.05) is 5.32 Å². The molecule has 0 fully saturated rings. The number of fused-ring (bicyclic) bond motifs is 1.